The van der Waals surface area contributed by atoms with Gasteiger partial charge < -0.3 is 9.64 Å². The number of hydrogen-bond donors (Lipinski definition) is 0. The van der Waals surface area contributed by atoms with Gasteiger partial charge in [-0.3, -0.25) is 9.30 Å². The van der Waals surface area contributed by atoms with E-state index in [4.69, 9.17) is 9.72 Å². The second-order valence-electron chi connectivity index (χ2n) is 6.37. The number of methoxy groups -OCH3 is 1. The number of ether oxygens (including phenoxy) is 1. The average Bonchev–Trinajstić information content (AvgIpc) is 3.12. The minimum atomic E-state index is -0.286. The molecule has 0 unspecified atom stereocenters. The van der Waals surface area contributed by atoms with Crippen LogP contribution >= 0.6 is 0 Å². The Morgan fingerprint density at radius 2 is 1.96 bits per heavy atom. The van der Waals surface area contributed by atoms with Crippen LogP contribution in [0.2, 0.25) is 0 Å². The van der Waals surface area contributed by atoms with Gasteiger partial charge in [-0.2, -0.15) is 4.98 Å². The number of fused-ring (bicyclic) bond motifs is 1. The fourth-order valence-electron chi connectivity index (χ4n) is 3.28. The van der Waals surface area contributed by atoms with Crippen molar-refractivity contribution in [2.24, 2.45) is 0 Å². The predicted octanol–water partition coefficient (Wildman–Crippen LogP) is 2.50. The fraction of sp³-hybridized carbons (Fsp3) is 0.368. The van der Waals surface area contributed by atoms with E-state index in [1.54, 1.807) is 7.11 Å². The van der Waals surface area contributed by atoms with Crippen molar-refractivity contribution in [1.29, 1.82) is 0 Å². The second kappa shape index (κ2) is 7.29. The summed E-state index contributed by atoms with van der Waals surface area (Å²) in [5, 5.41) is 0. The van der Waals surface area contributed by atoms with Crippen LogP contribution in [0.15, 0.2) is 42.7 Å². The Labute approximate surface area is 151 Å². The molecule has 3 aromatic rings. The second-order valence-corrected chi connectivity index (χ2v) is 6.37. The van der Waals surface area contributed by atoms with Gasteiger partial charge in [-0.1, -0.05) is 12.1 Å². The van der Waals surface area contributed by atoms with Crippen LogP contribution in [-0.4, -0.2) is 65.8 Å². The summed E-state index contributed by atoms with van der Waals surface area (Å²) >= 11 is 0. The van der Waals surface area contributed by atoms with Gasteiger partial charge in [0.15, 0.2) is 0 Å². The molecule has 1 aliphatic rings. The zero-order valence-corrected chi connectivity index (χ0v) is 14.8. The fourth-order valence-corrected chi connectivity index (χ4v) is 3.28. The Balaban J connectivity index is 1.56. The van der Waals surface area contributed by atoms with E-state index < -0.39 is 0 Å². The van der Waals surface area contributed by atoms with Gasteiger partial charge >= 0.3 is 0 Å². The predicted molar refractivity (Wildman–Crippen MR) is 99.6 cm³/mol. The third-order valence-corrected chi connectivity index (χ3v) is 4.77. The first kappa shape index (κ1) is 16.8. The number of piperazine rings is 1. The molecule has 1 saturated heterocycles. The summed E-state index contributed by atoms with van der Waals surface area (Å²) in [6.07, 6.45) is 3.96. The van der Waals surface area contributed by atoms with E-state index >= 15 is 0 Å². The van der Waals surface area contributed by atoms with Gasteiger partial charge in [-0.05, 0) is 18.2 Å². The normalized spacial score (nSPS) is 15.5. The van der Waals surface area contributed by atoms with Crippen molar-refractivity contribution in [3.05, 3.63) is 42.7 Å². The molecule has 0 aliphatic carbocycles. The average molecular weight is 355 g/mol. The van der Waals surface area contributed by atoms with E-state index in [1.807, 2.05) is 47.1 Å². The lowest BCUT2D eigenvalue weighted by Crippen LogP contribution is -2.47. The van der Waals surface area contributed by atoms with Crippen LogP contribution in [0.5, 0.6) is 5.75 Å². The van der Waals surface area contributed by atoms with Crippen LogP contribution < -0.4 is 9.64 Å². The van der Waals surface area contributed by atoms with Gasteiger partial charge in [0.25, 0.3) is 0 Å². The number of alkyl halides is 1. The molecule has 1 fully saturated rings. The summed E-state index contributed by atoms with van der Waals surface area (Å²) in [4.78, 5) is 13.8. The molecule has 3 heterocycles. The van der Waals surface area contributed by atoms with Gasteiger partial charge in [0, 0.05) is 50.7 Å². The van der Waals surface area contributed by atoms with Crippen LogP contribution in [0.4, 0.5) is 10.2 Å². The van der Waals surface area contributed by atoms with Crippen molar-refractivity contribution < 1.29 is 9.13 Å². The van der Waals surface area contributed by atoms with Gasteiger partial charge in [-0.25, -0.2) is 9.37 Å². The van der Waals surface area contributed by atoms with Crippen LogP contribution in [0.1, 0.15) is 0 Å². The van der Waals surface area contributed by atoms with Gasteiger partial charge in [-0.15, -0.1) is 0 Å². The maximum Gasteiger partial charge on any atom is 0.236 e. The molecule has 7 heteroatoms. The first-order valence-electron chi connectivity index (χ1n) is 8.80. The Hall–Kier alpha value is -2.67. The lowest BCUT2D eigenvalue weighted by Gasteiger charge is -2.34. The molecule has 0 spiro atoms. The number of rotatable bonds is 5. The molecule has 2 aromatic heterocycles. The number of aromatic nitrogens is 3. The SMILES string of the molecule is COc1cccc(-c2cn3ccc(N4CCN(CCF)CC4)nc3n2)c1. The zero-order chi connectivity index (χ0) is 17.9. The third-order valence-electron chi connectivity index (χ3n) is 4.77. The molecule has 1 aliphatic heterocycles. The molecular formula is C19H22FN5O. The monoisotopic (exact) mass is 355 g/mol. The van der Waals surface area contributed by atoms with E-state index in [0.717, 1.165) is 49.0 Å². The third kappa shape index (κ3) is 3.35. The van der Waals surface area contributed by atoms with Crippen molar-refractivity contribution in [1.82, 2.24) is 19.3 Å². The minimum Gasteiger partial charge on any atom is -0.497 e. The first-order valence-corrected chi connectivity index (χ1v) is 8.80. The number of hydrogen-bond acceptors (Lipinski definition) is 5. The smallest absolute Gasteiger partial charge is 0.236 e. The number of benzene rings is 1. The highest BCUT2D eigenvalue weighted by Crippen LogP contribution is 2.24. The molecule has 136 valence electrons. The molecule has 0 saturated carbocycles. The van der Waals surface area contributed by atoms with Gasteiger partial charge in [0.05, 0.1) is 12.8 Å². The minimum absolute atomic E-state index is 0.286. The first-order chi connectivity index (χ1) is 12.8. The van der Waals surface area contributed by atoms with Gasteiger partial charge in [0.2, 0.25) is 5.78 Å². The van der Waals surface area contributed by atoms with E-state index in [9.17, 15) is 4.39 Å². The Kier molecular flexibility index (Phi) is 4.71. The van der Waals surface area contributed by atoms with Crippen LogP contribution in [0.3, 0.4) is 0 Å². The summed E-state index contributed by atoms with van der Waals surface area (Å²) in [5.74, 6) is 2.39. The van der Waals surface area contributed by atoms with E-state index in [-0.39, 0.29) is 6.67 Å². The molecule has 0 atom stereocenters. The highest BCUT2D eigenvalue weighted by Gasteiger charge is 2.18. The lowest BCUT2D eigenvalue weighted by atomic mass is 10.1. The zero-order valence-electron chi connectivity index (χ0n) is 14.8. The van der Waals surface area contributed by atoms with E-state index in [1.165, 1.54) is 0 Å². The van der Waals surface area contributed by atoms with Crippen molar-refractivity contribution in [2.45, 2.75) is 0 Å². The van der Waals surface area contributed by atoms with Gasteiger partial charge in [0.1, 0.15) is 18.2 Å². The standard InChI is InChI=1S/C19H22FN5O/c1-26-16-4-2-3-15(13-16)17-14-25-7-5-18(22-19(25)21-17)24-11-9-23(8-6-20)10-12-24/h2-5,7,13-14H,6,8-12H2,1H3. The molecule has 1 aromatic carbocycles. The maximum atomic E-state index is 12.5. The summed E-state index contributed by atoms with van der Waals surface area (Å²) in [5.41, 5.74) is 1.86. The molecule has 4 rings (SSSR count). The van der Waals surface area contributed by atoms with Crippen LogP contribution in [0.25, 0.3) is 17.0 Å². The Morgan fingerprint density at radius 3 is 2.73 bits per heavy atom. The Bertz CT molecular complexity index is 889. The number of nitrogens with zero attached hydrogens (tertiary/aromatic N) is 5. The van der Waals surface area contributed by atoms with E-state index in [2.05, 4.69) is 14.8 Å². The van der Waals surface area contributed by atoms with Crippen molar-refractivity contribution in [3.63, 3.8) is 0 Å². The van der Waals surface area contributed by atoms with Crippen molar-refractivity contribution >= 4 is 11.6 Å². The summed E-state index contributed by atoms with van der Waals surface area (Å²) in [6.45, 7) is 3.66. The molecular weight excluding hydrogens is 333 g/mol. The summed E-state index contributed by atoms with van der Waals surface area (Å²) < 4.78 is 19.7. The van der Waals surface area contributed by atoms with Crippen molar-refractivity contribution in [2.75, 3.05) is 51.4 Å². The molecule has 0 N–H and O–H groups in total. The summed E-state index contributed by atoms with van der Waals surface area (Å²) in [7, 11) is 1.66. The number of imidazole rings is 1. The number of halogens is 1. The quantitative estimate of drug-likeness (QED) is 0.704. The number of anilines is 1. The highest BCUT2D eigenvalue weighted by atomic mass is 19.1. The Morgan fingerprint density at radius 1 is 1.12 bits per heavy atom. The highest BCUT2D eigenvalue weighted by molar-refractivity contribution is 5.63. The topological polar surface area (TPSA) is 45.9 Å². The summed E-state index contributed by atoms with van der Waals surface area (Å²) in [6, 6.07) is 9.85. The molecule has 0 amide bonds. The molecule has 0 bridgehead atoms. The largest absolute Gasteiger partial charge is 0.497 e. The van der Waals surface area contributed by atoms with Crippen LogP contribution in [0, 0.1) is 0 Å². The molecule has 26 heavy (non-hydrogen) atoms. The molecule has 6 nitrogen and oxygen atoms in total. The maximum absolute atomic E-state index is 12.5. The molecule has 0 radical (unpaired) electrons. The lowest BCUT2D eigenvalue weighted by molar-refractivity contribution is 0.235. The van der Waals surface area contributed by atoms with E-state index in [0.29, 0.717) is 12.3 Å². The van der Waals surface area contributed by atoms with Crippen molar-refractivity contribution in [3.8, 4) is 17.0 Å². The van der Waals surface area contributed by atoms with Crippen LogP contribution in [-0.2, 0) is 0 Å².